The molecule has 0 aliphatic heterocycles. The van der Waals surface area contributed by atoms with Gasteiger partial charge in [-0.05, 0) is 28.7 Å². The normalized spacial score (nSPS) is 10.4. The number of hydrogen-bond acceptors (Lipinski definition) is 4. The molecule has 0 aromatic carbocycles. The maximum absolute atomic E-state index is 11.2. The van der Waals surface area contributed by atoms with Crippen molar-refractivity contribution in [2.24, 2.45) is 0 Å². The predicted octanol–water partition coefficient (Wildman–Crippen LogP) is 3.21. The fourth-order valence-electron chi connectivity index (χ4n) is 0.931. The van der Waals surface area contributed by atoms with E-state index >= 15 is 0 Å². The van der Waals surface area contributed by atoms with E-state index in [2.05, 4.69) is 6.07 Å². The molecule has 0 aliphatic carbocycles. The van der Waals surface area contributed by atoms with Crippen LogP contribution in [0.2, 0.25) is 0 Å². The largest absolute Gasteiger partial charge is 0.277 e. The van der Waals surface area contributed by atoms with Crippen LogP contribution in [0.1, 0.15) is 5.56 Å². The van der Waals surface area contributed by atoms with Crippen molar-refractivity contribution < 1.29 is 0 Å². The summed E-state index contributed by atoms with van der Waals surface area (Å²) in [4.78, 5) is 13.5. The standard InChI is InChI=1S/C8H6OS3/c1-5-7(11-12-8(5)9)6-3-2-4-10-6/h2-4H,1H3. The van der Waals surface area contributed by atoms with Gasteiger partial charge in [0.25, 0.3) is 0 Å². The van der Waals surface area contributed by atoms with Gasteiger partial charge in [0.05, 0.1) is 4.88 Å². The summed E-state index contributed by atoms with van der Waals surface area (Å²) in [6, 6.07) is 4.06. The van der Waals surface area contributed by atoms with Crippen LogP contribution >= 0.6 is 32.0 Å². The summed E-state index contributed by atoms with van der Waals surface area (Å²) < 4.78 is 0.198. The second-order valence-corrected chi connectivity index (χ2v) is 5.45. The fraction of sp³-hybridized carbons (Fsp3) is 0.125. The third-order valence-corrected chi connectivity index (χ3v) is 5.05. The van der Waals surface area contributed by atoms with E-state index in [1.807, 2.05) is 18.4 Å². The van der Waals surface area contributed by atoms with Gasteiger partial charge >= 0.3 is 0 Å². The van der Waals surface area contributed by atoms with Crippen molar-refractivity contribution in [2.45, 2.75) is 6.92 Å². The van der Waals surface area contributed by atoms with Crippen molar-refractivity contribution >= 4 is 32.0 Å². The Kier molecular flexibility index (Phi) is 2.12. The third-order valence-electron chi connectivity index (χ3n) is 1.59. The highest BCUT2D eigenvalue weighted by molar-refractivity contribution is 7.70. The summed E-state index contributed by atoms with van der Waals surface area (Å²) in [5.74, 6) is 0. The maximum atomic E-state index is 11.2. The summed E-state index contributed by atoms with van der Waals surface area (Å²) in [6.07, 6.45) is 0. The second-order valence-electron chi connectivity index (χ2n) is 2.39. The highest BCUT2D eigenvalue weighted by atomic mass is 32.9. The smallest absolute Gasteiger partial charge is 0.246 e. The Hall–Kier alpha value is -0.450. The van der Waals surface area contributed by atoms with Crippen LogP contribution in [0.3, 0.4) is 0 Å². The topological polar surface area (TPSA) is 17.1 Å². The lowest BCUT2D eigenvalue weighted by Crippen LogP contribution is -1.92. The fourth-order valence-corrected chi connectivity index (χ4v) is 4.39. The van der Waals surface area contributed by atoms with Gasteiger partial charge in [-0.3, -0.25) is 4.79 Å². The molecule has 0 saturated heterocycles. The van der Waals surface area contributed by atoms with Crippen LogP contribution in [0.5, 0.6) is 0 Å². The van der Waals surface area contributed by atoms with E-state index in [-0.39, 0.29) is 4.74 Å². The van der Waals surface area contributed by atoms with Crippen LogP contribution in [-0.4, -0.2) is 0 Å². The van der Waals surface area contributed by atoms with Gasteiger partial charge in [0.15, 0.2) is 0 Å². The Labute approximate surface area is 81.3 Å². The number of thiophene rings is 1. The maximum Gasteiger partial charge on any atom is 0.246 e. The molecule has 0 amide bonds. The van der Waals surface area contributed by atoms with Gasteiger partial charge in [-0.25, -0.2) is 0 Å². The van der Waals surface area contributed by atoms with E-state index in [0.29, 0.717) is 0 Å². The molecule has 0 spiro atoms. The van der Waals surface area contributed by atoms with Crippen LogP contribution in [0.15, 0.2) is 22.3 Å². The van der Waals surface area contributed by atoms with Crippen LogP contribution in [0.4, 0.5) is 0 Å². The molecule has 2 aromatic rings. The minimum atomic E-state index is 0.198. The third kappa shape index (κ3) is 1.26. The molecular formula is C8H6OS3. The molecule has 0 saturated carbocycles. The van der Waals surface area contributed by atoms with Crippen molar-refractivity contribution in [3.05, 3.63) is 32.6 Å². The van der Waals surface area contributed by atoms with Gasteiger partial charge in [0.2, 0.25) is 4.74 Å². The SMILES string of the molecule is Cc1c(-c2cccs2)ssc1=O. The molecule has 2 heterocycles. The Morgan fingerprint density at radius 1 is 1.33 bits per heavy atom. The average Bonchev–Trinajstić information content (AvgIpc) is 2.64. The van der Waals surface area contributed by atoms with E-state index in [0.717, 1.165) is 10.4 Å². The van der Waals surface area contributed by atoms with Gasteiger partial charge in [0.1, 0.15) is 0 Å². The first-order valence-corrected chi connectivity index (χ1v) is 6.45. The first-order valence-electron chi connectivity index (χ1n) is 3.42. The van der Waals surface area contributed by atoms with E-state index in [9.17, 15) is 4.79 Å². The van der Waals surface area contributed by atoms with Crippen LogP contribution in [0.25, 0.3) is 9.75 Å². The molecule has 0 N–H and O–H groups in total. The molecule has 0 fully saturated rings. The van der Waals surface area contributed by atoms with Gasteiger partial charge in [-0.15, -0.1) is 11.3 Å². The van der Waals surface area contributed by atoms with Gasteiger partial charge < -0.3 is 0 Å². The molecule has 2 aromatic heterocycles. The Bertz CT molecular complexity index is 421. The van der Waals surface area contributed by atoms with Crippen molar-refractivity contribution in [3.8, 4) is 9.75 Å². The highest BCUT2D eigenvalue weighted by Crippen LogP contribution is 2.32. The summed E-state index contributed by atoms with van der Waals surface area (Å²) in [5, 5.41) is 2.03. The first kappa shape index (κ1) is 8.16. The molecule has 1 nitrogen and oxygen atoms in total. The highest BCUT2D eigenvalue weighted by Gasteiger charge is 2.08. The van der Waals surface area contributed by atoms with Crippen molar-refractivity contribution in [3.63, 3.8) is 0 Å². The number of rotatable bonds is 1. The van der Waals surface area contributed by atoms with Crippen molar-refractivity contribution in [1.82, 2.24) is 0 Å². The Morgan fingerprint density at radius 2 is 2.17 bits per heavy atom. The van der Waals surface area contributed by atoms with E-state index in [1.54, 1.807) is 21.7 Å². The zero-order chi connectivity index (χ0) is 8.55. The van der Waals surface area contributed by atoms with Gasteiger partial charge in [0, 0.05) is 10.4 Å². The molecule has 0 atom stereocenters. The van der Waals surface area contributed by atoms with E-state index < -0.39 is 0 Å². The summed E-state index contributed by atoms with van der Waals surface area (Å²) in [7, 11) is 2.90. The predicted molar refractivity (Wildman–Crippen MR) is 56.5 cm³/mol. The van der Waals surface area contributed by atoms with Crippen molar-refractivity contribution in [1.29, 1.82) is 0 Å². The lowest BCUT2D eigenvalue weighted by molar-refractivity contribution is 1.51. The lowest BCUT2D eigenvalue weighted by Gasteiger charge is -1.89. The number of hydrogen-bond donors (Lipinski definition) is 0. The zero-order valence-corrected chi connectivity index (χ0v) is 8.81. The van der Waals surface area contributed by atoms with Gasteiger partial charge in [-0.1, -0.05) is 16.4 Å². The molecule has 0 unspecified atom stereocenters. The van der Waals surface area contributed by atoms with E-state index in [4.69, 9.17) is 0 Å². The van der Waals surface area contributed by atoms with Crippen molar-refractivity contribution in [2.75, 3.05) is 0 Å². The summed E-state index contributed by atoms with van der Waals surface area (Å²) in [6.45, 7) is 1.89. The second kappa shape index (κ2) is 3.12. The quantitative estimate of drug-likeness (QED) is 0.666. The average molecular weight is 214 g/mol. The molecule has 12 heavy (non-hydrogen) atoms. The Morgan fingerprint density at radius 3 is 2.67 bits per heavy atom. The van der Waals surface area contributed by atoms with Crippen LogP contribution < -0.4 is 4.74 Å². The zero-order valence-electron chi connectivity index (χ0n) is 6.37. The van der Waals surface area contributed by atoms with Crippen LogP contribution in [-0.2, 0) is 0 Å². The lowest BCUT2D eigenvalue weighted by atomic mass is 10.3. The van der Waals surface area contributed by atoms with Gasteiger partial charge in [-0.2, -0.15) is 0 Å². The van der Waals surface area contributed by atoms with Crippen LogP contribution in [0, 0.1) is 6.92 Å². The molecule has 2 rings (SSSR count). The summed E-state index contributed by atoms with van der Waals surface area (Å²) in [5.41, 5.74) is 0.896. The molecule has 0 bridgehead atoms. The van der Waals surface area contributed by atoms with E-state index in [1.165, 1.54) is 15.2 Å². The first-order chi connectivity index (χ1) is 5.79. The minimum absolute atomic E-state index is 0.198. The monoisotopic (exact) mass is 214 g/mol. The molecule has 62 valence electrons. The molecular weight excluding hydrogens is 208 g/mol. The molecule has 4 heteroatoms. The molecule has 0 aliphatic rings. The molecule has 0 radical (unpaired) electrons. The minimum Gasteiger partial charge on any atom is -0.277 e. The Balaban J connectivity index is 2.62. The summed E-state index contributed by atoms with van der Waals surface area (Å²) >= 11 is 1.68.